The summed E-state index contributed by atoms with van der Waals surface area (Å²) in [7, 11) is 0. The molecular formula is C10H13NOS2. The zero-order valence-electron chi connectivity index (χ0n) is 7.94. The molecule has 14 heavy (non-hydrogen) atoms. The normalized spacial score (nSPS) is 34.1. The van der Waals surface area contributed by atoms with Gasteiger partial charge in [-0.3, -0.25) is 4.79 Å². The van der Waals surface area contributed by atoms with Crippen LogP contribution < -0.4 is 0 Å². The molecule has 0 bridgehead atoms. The fraction of sp³-hybridized carbons (Fsp3) is 0.700. The van der Waals surface area contributed by atoms with Gasteiger partial charge in [0.05, 0.1) is 10.1 Å². The molecule has 0 saturated carbocycles. The third-order valence-corrected chi connectivity index (χ3v) is 6.98. The fourth-order valence-electron chi connectivity index (χ4n) is 2.61. The quantitative estimate of drug-likeness (QED) is 0.628. The third kappa shape index (κ3) is 1.16. The maximum absolute atomic E-state index is 11.6. The lowest BCUT2D eigenvalue weighted by Crippen LogP contribution is -2.43. The zero-order valence-corrected chi connectivity index (χ0v) is 9.57. The van der Waals surface area contributed by atoms with Crippen molar-refractivity contribution >= 4 is 29.4 Å². The van der Waals surface area contributed by atoms with E-state index in [4.69, 9.17) is 0 Å². The Morgan fingerprint density at radius 1 is 1.43 bits per heavy atom. The molecule has 3 rings (SSSR count). The van der Waals surface area contributed by atoms with Crippen LogP contribution >= 0.6 is 23.5 Å². The van der Waals surface area contributed by atoms with Crippen LogP contribution in [-0.2, 0) is 4.79 Å². The summed E-state index contributed by atoms with van der Waals surface area (Å²) in [5.74, 6) is 2.74. The summed E-state index contributed by atoms with van der Waals surface area (Å²) in [5.41, 5.74) is 0. The van der Waals surface area contributed by atoms with Crippen molar-refractivity contribution in [2.75, 3.05) is 18.1 Å². The van der Waals surface area contributed by atoms with Crippen LogP contribution in [0.15, 0.2) is 12.2 Å². The van der Waals surface area contributed by atoms with Gasteiger partial charge < -0.3 is 4.90 Å². The molecule has 0 aromatic heterocycles. The summed E-state index contributed by atoms with van der Waals surface area (Å²) in [6.45, 7) is 0.966. The summed E-state index contributed by atoms with van der Waals surface area (Å²) in [4.78, 5) is 13.7. The smallest absolute Gasteiger partial charge is 0.246 e. The monoisotopic (exact) mass is 227 g/mol. The second kappa shape index (κ2) is 3.20. The van der Waals surface area contributed by atoms with Gasteiger partial charge in [0, 0.05) is 18.1 Å². The Morgan fingerprint density at radius 3 is 3.00 bits per heavy atom. The molecule has 0 aliphatic carbocycles. The number of carbonyl (C=O) groups excluding carboxylic acids is 1. The highest BCUT2D eigenvalue weighted by molar-refractivity contribution is 8.21. The van der Waals surface area contributed by atoms with Crippen LogP contribution in [-0.4, -0.2) is 39.0 Å². The Bertz CT molecular complexity index is 296. The minimum absolute atomic E-state index is 0.228. The van der Waals surface area contributed by atoms with Crippen LogP contribution in [0.3, 0.4) is 0 Å². The lowest BCUT2D eigenvalue weighted by atomic mass is 10.1. The fourth-order valence-corrected chi connectivity index (χ4v) is 6.10. The lowest BCUT2D eigenvalue weighted by molar-refractivity contribution is -0.127. The highest BCUT2D eigenvalue weighted by Gasteiger charge is 2.51. The van der Waals surface area contributed by atoms with Gasteiger partial charge in [0.2, 0.25) is 5.91 Å². The summed E-state index contributed by atoms with van der Waals surface area (Å²) >= 11 is 4.15. The number of fused-ring (bicyclic) bond motifs is 2. The first-order valence-electron chi connectivity index (χ1n) is 5.07. The van der Waals surface area contributed by atoms with Crippen molar-refractivity contribution in [3.05, 3.63) is 12.2 Å². The number of amides is 1. The number of hydrogen-bond acceptors (Lipinski definition) is 3. The summed E-state index contributed by atoms with van der Waals surface area (Å²) in [6, 6.07) is 0.470. The highest BCUT2D eigenvalue weighted by Crippen LogP contribution is 2.55. The van der Waals surface area contributed by atoms with Crippen LogP contribution in [0.4, 0.5) is 0 Å². The first-order chi connectivity index (χ1) is 6.82. The predicted octanol–water partition coefficient (Wildman–Crippen LogP) is 1.72. The van der Waals surface area contributed by atoms with Gasteiger partial charge in [-0.15, -0.1) is 23.5 Å². The lowest BCUT2D eigenvalue weighted by Gasteiger charge is -2.34. The van der Waals surface area contributed by atoms with Crippen molar-refractivity contribution in [2.45, 2.75) is 23.0 Å². The van der Waals surface area contributed by atoms with E-state index >= 15 is 0 Å². The number of nitrogens with zero attached hydrogens (tertiary/aromatic N) is 1. The van der Waals surface area contributed by atoms with Gasteiger partial charge in [-0.25, -0.2) is 0 Å². The van der Waals surface area contributed by atoms with Gasteiger partial charge in [-0.2, -0.15) is 0 Å². The van der Waals surface area contributed by atoms with Crippen molar-refractivity contribution in [3.8, 4) is 0 Å². The maximum Gasteiger partial charge on any atom is 0.246 e. The highest BCUT2D eigenvalue weighted by atomic mass is 32.2. The van der Waals surface area contributed by atoms with Crippen molar-refractivity contribution < 1.29 is 4.79 Å². The number of rotatable bonds is 0. The van der Waals surface area contributed by atoms with Crippen molar-refractivity contribution in [1.82, 2.24) is 4.90 Å². The van der Waals surface area contributed by atoms with Gasteiger partial charge in [0.25, 0.3) is 0 Å². The van der Waals surface area contributed by atoms with Crippen LogP contribution in [0.2, 0.25) is 0 Å². The van der Waals surface area contributed by atoms with Crippen LogP contribution in [0, 0.1) is 0 Å². The van der Waals surface area contributed by atoms with E-state index in [-0.39, 0.29) is 5.91 Å². The minimum atomic E-state index is 0.228. The Hall–Kier alpha value is -0.0900. The van der Waals surface area contributed by atoms with Crippen molar-refractivity contribution in [1.29, 1.82) is 0 Å². The van der Waals surface area contributed by atoms with Gasteiger partial charge in [0.1, 0.15) is 0 Å². The molecular weight excluding hydrogens is 214 g/mol. The molecule has 1 atom stereocenters. The van der Waals surface area contributed by atoms with Gasteiger partial charge in [-0.05, 0) is 18.9 Å². The van der Waals surface area contributed by atoms with E-state index in [2.05, 4.69) is 34.5 Å². The molecule has 1 spiro atoms. The van der Waals surface area contributed by atoms with Gasteiger partial charge in [-0.1, -0.05) is 6.08 Å². The molecule has 1 unspecified atom stereocenters. The van der Waals surface area contributed by atoms with Crippen molar-refractivity contribution in [3.63, 3.8) is 0 Å². The SMILES string of the molecule is O=C1C=CCC2N1CCC21SCCS1. The van der Waals surface area contributed by atoms with Crippen molar-refractivity contribution in [2.24, 2.45) is 0 Å². The molecule has 76 valence electrons. The van der Waals surface area contributed by atoms with Crippen LogP contribution in [0.5, 0.6) is 0 Å². The molecule has 3 heterocycles. The first-order valence-corrected chi connectivity index (χ1v) is 7.04. The standard InChI is InChI=1S/C10H13NOS2/c12-9-3-1-2-8-10(4-5-11(8)9)13-6-7-14-10/h1,3,8H,2,4-7H2. The molecule has 2 fully saturated rings. The van der Waals surface area contributed by atoms with E-state index in [1.54, 1.807) is 6.08 Å². The average Bonchev–Trinajstić information content (AvgIpc) is 2.78. The molecule has 0 aromatic rings. The van der Waals surface area contributed by atoms with E-state index in [0.717, 1.165) is 13.0 Å². The molecule has 1 amide bonds. The van der Waals surface area contributed by atoms with E-state index in [1.807, 2.05) is 0 Å². The second-order valence-corrected chi connectivity index (χ2v) is 7.05. The third-order valence-electron chi connectivity index (χ3n) is 3.26. The molecule has 3 aliphatic rings. The number of thioether (sulfide) groups is 2. The Labute approximate surface area is 92.5 Å². The number of carbonyl (C=O) groups is 1. The van der Waals surface area contributed by atoms with Crippen LogP contribution in [0.1, 0.15) is 12.8 Å². The molecule has 2 saturated heterocycles. The Morgan fingerprint density at radius 2 is 2.21 bits per heavy atom. The summed E-state index contributed by atoms with van der Waals surface area (Å²) < 4.78 is 0.348. The Kier molecular flexibility index (Phi) is 2.10. The topological polar surface area (TPSA) is 20.3 Å². The second-order valence-electron chi connectivity index (χ2n) is 3.94. The average molecular weight is 227 g/mol. The van der Waals surface area contributed by atoms with E-state index < -0.39 is 0 Å². The summed E-state index contributed by atoms with van der Waals surface area (Å²) in [6.07, 6.45) is 6.03. The van der Waals surface area contributed by atoms with E-state index in [1.165, 1.54) is 17.9 Å². The van der Waals surface area contributed by atoms with Gasteiger partial charge in [0.15, 0.2) is 0 Å². The Balaban J connectivity index is 1.91. The molecule has 4 heteroatoms. The molecule has 2 nitrogen and oxygen atoms in total. The molecule has 0 aromatic carbocycles. The van der Waals surface area contributed by atoms with E-state index in [0.29, 0.717) is 10.1 Å². The predicted molar refractivity (Wildman–Crippen MR) is 61.5 cm³/mol. The van der Waals surface area contributed by atoms with E-state index in [9.17, 15) is 4.79 Å². The maximum atomic E-state index is 11.6. The first kappa shape index (κ1) is 9.16. The molecule has 0 radical (unpaired) electrons. The largest absolute Gasteiger partial charge is 0.334 e. The molecule has 0 N–H and O–H groups in total. The summed E-state index contributed by atoms with van der Waals surface area (Å²) in [5, 5.41) is 0. The molecule has 3 aliphatic heterocycles. The minimum Gasteiger partial charge on any atom is -0.334 e. The zero-order chi connectivity index (χ0) is 9.60. The number of hydrogen-bond donors (Lipinski definition) is 0. The van der Waals surface area contributed by atoms with Crippen LogP contribution in [0.25, 0.3) is 0 Å². The van der Waals surface area contributed by atoms with Gasteiger partial charge >= 0.3 is 0 Å².